The van der Waals surface area contributed by atoms with Crippen molar-refractivity contribution in [2.24, 2.45) is 0 Å². The normalized spacial score (nSPS) is 17.1. The number of piperazine rings is 1. The fourth-order valence-corrected chi connectivity index (χ4v) is 1.45. The molecular weight excluding hydrogens is 196 g/mol. The molecule has 86 valence electrons. The van der Waals surface area contributed by atoms with Crippen LogP contribution >= 0.6 is 0 Å². The van der Waals surface area contributed by atoms with Crippen LogP contribution in [-0.2, 0) is 4.79 Å². The molecule has 15 heavy (non-hydrogen) atoms. The Balaban J connectivity index is 2.12. The SMILES string of the molecule is CNC(=O)NC(=O)CCN1CCNCC1. The van der Waals surface area contributed by atoms with Crippen molar-refractivity contribution in [2.75, 3.05) is 39.8 Å². The number of carbonyl (C=O) groups is 2. The lowest BCUT2D eigenvalue weighted by atomic mass is 10.3. The lowest BCUT2D eigenvalue weighted by Crippen LogP contribution is -2.45. The second kappa shape index (κ2) is 6.36. The molecule has 6 heteroatoms. The number of hydrogen-bond donors (Lipinski definition) is 3. The summed E-state index contributed by atoms with van der Waals surface area (Å²) in [6.45, 7) is 4.58. The van der Waals surface area contributed by atoms with Gasteiger partial charge in [0.15, 0.2) is 0 Å². The number of imide groups is 1. The third kappa shape index (κ3) is 4.75. The highest BCUT2D eigenvalue weighted by atomic mass is 16.2. The average Bonchev–Trinajstić information content (AvgIpc) is 2.27. The fraction of sp³-hybridized carbons (Fsp3) is 0.778. The zero-order valence-corrected chi connectivity index (χ0v) is 9.01. The first-order valence-corrected chi connectivity index (χ1v) is 5.17. The van der Waals surface area contributed by atoms with E-state index in [0.717, 1.165) is 26.2 Å². The third-order valence-electron chi connectivity index (χ3n) is 2.34. The second-order valence-electron chi connectivity index (χ2n) is 3.47. The number of urea groups is 1. The van der Waals surface area contributed by atoms with Crippen LogP contribution in [0.25, 0.3) is 0 Å². The van der Waals surface area contributed by atoms with Crippen LogP contribution in [0.5, 0.6) is 0 Å². The van der Waals surface area contributed by atoms with Gasteiger partial charge in [0.2, 0.25) is 5.91 Å². The van der Waals surface area contributed by atoms with Crippen molar-refractivity contribution in [3.8, 4) is 0 Å². The summed E-state index contributed by atoms with van der Waals surface area (Å²) in [5.74, 6) is -0.229. The summed E-state index contributed by atoms with van der Waals surface area (Å²) in [6.07, 6.45) is 0.368. The molecule has 0 spiro atoms. The number of nitrogens with zero attached hydrogens (tertiary/aromatic N) is 1. The van der Waals surface area contributed by atoms with Gasteiger partial charge in [-0.15, -0.1) is 0 Å². The van der Waals surface area contributed by atoms with E-state index in [1.807, 2.05) is 0 Å². The van der Waals surface area contributed by atoms with Gasteiger partial charge in [-0.25, -0.2) is 4.79 Å². The predicted octanol–water partition coefficient (Wildman–Crippen LogP) is -1.26. The van der Waals surface area contributed by atoms with Crippen molar-refractivity contribution in [1.82, 2.24) is 20.9 Å². The van der Waals surface area contributed by atoms with E-state index in [9.17, 15) is 9.59 Å². The Bertz CT molecular complexity index is 226. The van der Waals surface area contributed by atoms with Gasteiger partial charge < -0.3 is 15.5 Å². The summed E-state index contributed by atoms with van der Waals surface area (Å²) < 4.78 is 0. The van der Waals surface area contributed by atoms with Crippen LogP contribution < -0.4 is 16.0 Å². The van der Waals surface area contributed by atoms with Gasteiger partial charge in [-0.2, -0.15) is 0 Å². The molecule has 0 aliphatic carbocycles. The Morgan fingerprint density at radius 2 is 2.00 bits per heavy atom. The molecule has 6 nitrogen and oxygen atoms in total. The van der Waals surface area contributed by atoms with Gasteiger partial charge in [0.1, 0.15) is 0 Å². The first-order chi connectivity index (χ1) is 7.22. The summed E-state index contributed by atoms with van der Waals surface area (Å²) in [6, 6.07) is -0.444. The second-order valence-corrected chi connectivity index (χ2v) is 3.47. The van der Waals surface area contributed by atoms with Gasteiger partial charge in [-0.3, -0.25) is 10.1 Å². The summed E-state index contributed by atoms with van der Waals surface area (Å²) in [5, 5.41) is 7.81. The quantitative estimate of drug-likeness (QED) is 0.548. The third-order valence-corrected chi connectivity index (χ3v) is 2.34. The predicted molar refractivity (Wildman–Crippen MR) is 56.5 cm³/mol. The molecule has 1 aliphatic heterocycles. The first kappa shape index (κ1) is 11.9. The Morgan fingerprint density at radius 3 is 2.60 bits per heavy atom. The molecule has 0 unspecified atom stereocenters. The molecule has 3 N–H and O–H groups in total. The van der Waals surface area contributed by atoms with Crippen LogP contribution in [-0.4, -0.2) is 56.6 Å². The minimum atomic E-state index is -0.444. The van der Waals surface area contributed by atoms with Crippen LogP contribution in [0, 0.1) is 0 Å². The Kier molecular flexibility index (Phi) is 5.06. The highest BCUT2D eigenvalue weighted by molar-refractivity contribution is 5.94. The highest BCUT2D eigenvalue weighted by Crippen LogP contribution is 1.94. The van der Waals surface area contributed by atoms with Crippen LogP contribution in [0.4, 0.5) is 4.79 Å². The average molecular weight is 214 g/mol. The minimum absolute atomic E-state index is 0.229. The topological polar surface area (TPSA) is 73.5 Å². The van der Waals surface area contributed by atoms with Crippen LogP contribution in [0.15, 0.2) is 0 Å². The van der Waals surface area contributed by atoms with Crippen molar-refractivity contribution < 1.29 is 9.59 Å². The van der Waals surface area contributed by atoms with Crippen LogP contribution in [0.2, 0.25) is 0 Å². The van der Waals surface area contributed by atoms with E-state index in [0.29, 0.717) is 13.0 Å². The molecule has 0 radical (unpaired) electrons. The molecule has 1 rings (SSSR count). The molecule has 0 aromatic carbocycles. The summed E-state index contributed by atoms with van der Waals surface area (Å²) in [5.41, 5.74) is 0. The molecule has 1 fully saturated rings. The molecular formula is C9H18N4O2. The van der Waals surface area contributed by atoms with E-state index in [-0.39, 0.29) is 5.91 Å². The van der Waals surface area contributed by atoms with Gasteiger partial charge in [0.25, 0.3) is 0 Å². The summed E-state index contributed by atoms with van der Waals surface area (Å²) >= 11 is 0. The van der Waals surface area contributed by atoms with E-state index in [2.05, 4.69) is 20.9 Å². The molecule has 1 aliphatic rings. The zero-order valence-electron chi connectivity index (χ0n) is 9.01. The smallest absolute Gasteiger partial charge is 0.321 e. The minimum Gasteiger partial charge on any atom is -0.341 e. The molecule has 0 aromatic heterocycles. The maximum absolute atomic E-state index is 11.2. The Morgan fingerprint density at radius 1 is 1.33 bits per heavy atom. The van der Waals surface area contributed by atoms with Crippen molar-refractivity contribution in [1.29, 1.82) is 0 Å². The summed E-state index contributed by atoms with van der Waals surface area (Å²) in [7, 11) is 1.49. The first-order valence-electron chi connectivity index (χ1n) is 5.17. The molecule has 1 saturated heterocycles. The number of hydrogen-bond acceptors (Lipinski definition) is 4. The highest BCUT2D eigenvalue weighted by Gasteiger charge is 2.12. The van der Waals surface area contributed by atoms with Gasteiger partial charge >= 0.3 is 6.03 Å². The molecule has 0 bridgehead atoms. The lowest BCUT2D eigenvalue weighted by molar-refractivity contribution is -0.120. The molecule has 3 amide bonds. The number of rotatable bonds is 3. The monoisotopic (exact) mass is 214 g/mol. The largest absolute Gasteiger partial charge is 0.341 e. The zero-order chi connectivity index (χ0) is 11.1. The van der Waals surface area contributed by atoms with E-state index in [1.165, 1.54) is 7.05 Å². The molecule has 0 atom stereocenters. The Labute approximate surface area is 89.4 Å². The Hall–Kier alpha value is -1.14. The number of carbonyl (C=O) groups excluding carboxylic acids is 2. The van der Waals surface area contributed by atoms with Gasteiger partial charge in [0.05, 0.1) is 0 Å². The van der Waals surface area contributed by atoms with Crippen molar-refractivity contribution in [3.63, 3.8) is 0 Å². The van der Waals surface area contributed by atoms with Gasteiger partial charge in [-0.1, -0.05) is 0 Å². The number of nitrogens with one attached hydrogen (secondary N) is 3. The van der Waals surface area contributed by atoms with E-state index < -0.39 is 6.03 Å². The van der Waals surface area contributed by atoms with Crippen LogP contribution in [0.3, 0.4) is 0 Å². The van der Waals surface area contributed by atoms with Crippen molar-refractivity contribution in [3.05, 3.63) is 0 Å². The fourth-order valence-electron chi connectivity index (χ4n) is 1.45. The van der Waals surface area contributed by atoms with E-state index in [4.69, 9.17) is 0 Å². The van der Waals surface area contributed by atoms with Gasteiger partial charge in [0, 0.05) is 46.2 Å². The van der Waals surface area contributed by atoms with Crippen molar-refractivity contribution >= 4 is 11.9 Å². The standard InChI is InChI=1S/C9H18N4O2/c1-10-9(15)12-8(14)2-5-13-6-3-11-4-7-13/h11H,2-7H2,1H3,(H2,10,12,14,15). The molecule has 0 aromatic rings. The van der Waals surface area contributed by atoms with Crippen molar-refractivity contribution in [2.45, 2.75) is 6.42 Å². The van der Waals surface area contributed by atoms with E-state index in [1.54, 1.807) is 0 Å². The van der Waals surface area contributed by atoms with Crippen LogP contribution in [0.1, 0.15) is 6.42 Å². The number of amides is 3. The molecule has 1 heterocycles. The lowest BCUT2D eigenvalue weighted by Gasteiger charge is -2.26. The van der Waals surface area contributed by atoms with Gasteiger partial charge in [-0.05, 0) is 0 Å². The molecule has 0 saturated carbocycles. The maximum atomic E-state index is 11.2. The summed E-state index contributed by atoms with van der Waals surface area (Å²) in [4.78, 5) is 24.3. The van der Waals surface area contributed by atoms with E-state index >= 15 is 0 Å². The maximum Gasteiger partial charge on any atom is 0.321 e.